The third-order valence-corrected chi connectivity index (χ3v) is 3.43. The fourth-order valence-corrected chi connectivity index (χ4v) is 2.45. The molecule has 2 rings (SSSR count). The van der Waals surface area contributed by atoms with Gasteiger partial charge in [-0.3, -0.25) is 0 Å². The minimum absolute atomic E-state index is 1.12. The average Bonchev–Trinajstić information content (AvgIpc) is 2.36. The van der Waals surface area contributed by atoms with Crippen LogP contribution in [-0.4, -0.2) is 53.1 Å². The summed E-state index contributed by atoms with van der Waals surface area (Å²) in [6.07, 6.45) is 0. The molecular weight excluding hydrogens is 177 g/mol. The summed E-state index contributed by atoms with van der Waals surface area (Å²) in [6.45, 7) is 0. The first-order valence-corrected chi connectivity index (χ1v) is 6.33. The number of benzene rings is 2. The molecule has 2 aromatic rings. The molecule has 0 spiro atoms. The normalized spacial score (nSPS) is 11.1. The van der Waals surface area contributed by atoms with Crippen LogP contribution in [0.5, 0.6) is 0 Å². The maximum absolute atomic E-state index is 2.40. The summed E-state index contributed by atoms with van der Waals surface area (Å²) in [5.74, 6) is 0. The van der Waals surface area contributed by atoms with E-state index in [9.17, 15) is 0 Å². The van der Waals surface area contributed by atoms with E-state index in [1.54, 1.807) is 0 Å². The summed E-state index contributed by atoms with van der Waals surface area (Å²) >= 11 is 6.72. The average molecular weight is 188 g/mol. The molecule has 66 valence electrons. The van der Waals surface area contributed by atoms with E-state index in [0.717, 1.165) is 15.3 Å². The van der Waals surface area contributed by atoms with Crippen molar-refractivity contribution in [3.63, 3.8) is 0 Å². The maximum atomic E-state index is 2.40. The standard InChI is InChI=1S/C13H11.3Li/c1-9-5-4-6-12-7-10(2)11(3)8-13(9)12;;;/h4-8H,1-3H2;;;. The van der Waals surface area contributed by atoms with Gasteiger partial charge in [-0.25, -0.2) is 0 Å². The number of rotatable bonds is 3. The molecule has 0 nitrogen and oxygen atoms in total. The Kier molecular flexibility index (Phi) is 4.77. The van der Waals surface area contributed by atoms with E-state index in [2.05, 4.69) is 83.5 Å². The van der Waals surface area contributed by atoms with E-state index in [0.29, 0.717) is 0 Å². The quantitative estimate of drug-likeness (QED) is 0.644. The van der Waals surface area contributed by atoms with Crippen LogP contribution in [0.1, 0.15) is 16.7 Å². The van der Waals surface area contributed by atoms with Crippen molar-refractivity contribution in [3.05, 3.63) is 47.0 Å². The zero-order valence-corrected chi connectivity index (χ0v) is 10.5. The molecule has 0 aromatic heterocycles. The molecular formula is C13H11Li3. The summed E-state index contributed by atoms with van der Waals surface area (Å²) in [5, 5.41) is 6.23. The molecule has 0 heterocycles. The molecule has 0 saturated carbocycles. The van der Waals surface area contributed by atoms with Crippen molar-refractivity contribution in [1.29, 1.82) is 0 Å². The Bertz CT molecular complexity index is 506. The first kappa shape index (κ1) is 12.9. The zero-order chi connectivity index (χ0) is 11.5. The third-order valence-electron chi connectivity index (χ3n) is 3.43. The van der Waals surface area contributed by atoms with E-state index < -0.39 is 0 Å². The summed E-state index contributed by atoms with van der Waals surface area (Å²) in [7, 11) is 0. The third kappa shape index (κ3) is 2.50. The van der Waals surface area contributed by atoms with Crippen LogP contribution in [0.15, 0.2) is 30.3 Å². The fourth-order valence-electron chi connectivity index (χ4n) is 2.45. The van der Waals surface area contributed by atoms with E-state index >= 15 is 0 Å². The van der Waals surface area contributed by atoms with E-state index in [1.807, 2.05) is 0 Å². The van der Waals surface area contributed by atoms with Gasteiger partial charge in [-0.2, -0.15) is 0 Å². The molecule has 0 saturated heterocycles. The van der Waals surface area contributed by atoms with Gasteiger partial charge in [0.1, 0.15) is 0 Å². The number of hydrogen-bond donors (Lipinski definition) is 0. The van der Waals surface area contributed by atoms with Crippen LogP contribution < -0.4 is 0 Å². The van der Waals surface area contributed by atoms with Gasteiger partial charge < -0.3 is 0 Å². The molecule has 0 unspecified atom stereocenters. The first-order chi connectivity index (χ1) is 7.80. The molecule has 0 atom stereocenters. The Morgan fingerprint density at radius 3 is 2.00 bits per heavy atom. The van der Waals surface area contributed by atoms with Crippen LogP contribution in [0.25, 0.3) is 10.8 Å². The SMILES string of the molecule is [Li][CH2]c1cc2cccc([CH2][Li])c2cc1[CH2][Li]. The molecule has 0 aliphatic heterocycles. The van der Waals surface area contributed by atoms with E-state index in [1.165, 1.54) is 27.5 Å². The molecule has 0 amide bonds. The molecule has 0 radical (unpaired) electrons. The number of fused-ring (bicyclic) bond motifs is 1. The second-order valence-electron chi connectivity index (χ2n) is 4.32. The van der Waals surface area contributed by atoms with Crippen LogP contribution in [0, 0.1) is 0 Å². The predicted molar refractivity (Wildman–Crippen MR) is 72.3 cm³/mol. The summed E-state index contributed by atoms with van der Waals surface area (Å²) in [4.78, 5) is 0. The van der Waals surface area contributed by atoms with Crippen LogP contribution in [0.3, 0.4) is 0 Å². The van der Waals surface area contributed by atoms with Crippen LogP contribution in [-0.2, 0) is 15.3 Å². The molecule has 3 heteroatoms. The van der Waals surface area contributed by atoms with E-state index in [-0.39, 0.29) is 0 Å². The van der Waals surface area contributed by atoms with Gasteiger partial charge in [-0.15, -0.1) is 0 Å². The van der Waals surface area contributed by atoms with Crippen molar-refractivity contribution >= 4 is 63.9 Å². The predicted octanol–water partition coefficient (Wildman–Crippen LogP) is 1.85. The monoisotopic (exact) mass is 188 g/mol. The van der Waals surface area contributed by atoms with Crippen molar-refractivity contribution in [2.75, 3.05) is 0 Å². The Labute approximate surface area is 125 Å². The Morgan fingerprint density at radius 1 is 0.750 bits per heavy atom. The Hall–Kier alpha value is 0.492. The molecule has 2 aromatic carbocycles. The van der Waals surface area contributed by atoms with Gasteiger partial charge in [0.2, 0.25) is 0 Å². The summed E-state index contributed by atoms with van der Waals surface area (Å²) in [6, 6.07) is 11.4. The second kappa shape index (κ2) is 5.90. The van der Waals surface area contributed by atoms with Gasteiger partial charge in [0.05, 0.1) is 0 Å². The molecule has 0 aliphatic rings. The van der Waals surface area contributed by atoms with Gasteiger partial charge in [0.15, 0.2) is 0 Å². The van der Waals surface area contributed by atoms with Crippen molar-refractivity contribution in [2.24, 2.45) is 0 Å². The first-order valence-electron chi connectivity index (χ1n) is 6.33. The fraction of sp³-hybridized carbons (Fsp3) is 0.231. The number of hydrogen-bond acceptors (Lipinski definition) is 0. The van der Waals surface area contributed by atoms with Crippen LogP contribution in [0.4, 0.5) is 0 Å². The topological polar surface area (TPSA) is 0 Å². The van der Waals surface area contributed by atoms with Crippen molar-refractivity contribution in [3.8, 4) is 0 Å². The summed E-state index contributed by atoms with van der Waals surface area (Å²) < 4.78 is 0. The van der Waals surface area contributed by atoms with Crippen molar-refractivity contribution in [1.82, 2.24) is 0 Å². The Balaban J connectivity index is 2.72. The zero-order valence-electron chi connectivity index (χ0n) is 10.5. The van der Waals surface area contributed by atoms with Crippen LogP contribution >= 0.6 is 0 Å². The molecule has 0 bridgehead atoms. The molecule has 0 aliphatic carbocycles. The van der Waals surface area contributed by atoms with Crippen LogP contribution in [0.2, 0.25) is 0 Å². The van der Waals surface area contributed by atoms with Crippen molar-refractivity contribution in [2.45, 2.75) is 15.3 Å². The van der Waals surface area contributed by atoms with Gasteiger partial charge in [0, 0.05) is 0 Å². The minimum atomic E-state index is 1.12. The Morgan fingerprint density at radius 2 is 1.38 bits per heavy atom. The molecule has 0 fully saturated rings. The van der Waals surface area contributed by atoms with Crippen molar-refractivity contribution < 1.29 is 0 Å². The van der Waals surface area contributed by atoms with Gasteiger partial charge in [-0.1, -0.05) is 0 Å². The van der Waals surface area contributed by atoms with Gasteiger partial charge >= 0.3 is 126 Å². The molecule has 16 heavy (non-hydrogen) atoms. The van der Waals surface area contributed by atoms with Gasteiger partial charge in [0.25, 0.3) is 0 Å². The molecule has 0 N–H and O–H groups in total. The summed E-state index contributed by atoms with van der Waals surface area (Å²) in [5.41, 5.74) is 4.48. The second-order valence-corrected chi connectivity index (χ2v) is 4.32. The van der Waals surface area contributed by atoms with E-state index in [4.69, 9.17) is 0 Å². The van der Waals surface area contributed by atoms with Gasteiger partial charge in [-0.05, 0) is 0 Å².